The number of aromatic nitrogens is 3. The molecule has 7 heteroatoms. The van der Waals surface area contributed by atoms with Crippen LogP contribution in [0.1, 0.15) is 41.7 Å². The molecule has 1 aliphatic heterocycles. The molecule has 0 aliphatic carbocycles. The van der Waals surface area contributed by atoms with Gasteiger partial charge >= 0.3 is 0 Å². The summed E-state index contributed by atoms with van der Waals surface area (Å²) in [4.78, 5) is 0. The number of nitrogens with zero attached hydrogens (tertiary/aromatic N) is 4. The summed E-state index contributed by atoms with van der Waals surface area (Å²) in [6.07, 6.45) is 0.643. The minimum atomic E-state index is -0.344. The van der Waals surface area contributed by atoms with Gasteiger partial charge in [0.15, 0.2) is 10.8 Å². The Hall–Kier alpha value is -3.34. The Morgan fingerprint density at radius 2 is 1.85 bits per heavy atom. The molecule has 0 spiro atoms. The Morgan fingerprint density at radius 1 is 1.09 bits per heavy atom. The van der Waals surface area contributed by atoms with Gasteiger partial charge in [-0.3, -0.25) is 4.40 Å². The highest BCUT2D eigenvalue weighted by Crippen LogP contribution is 2.38. The van der Waals surface area contributed by atoms with Crippen LogP contribution >= 0.6 is 11.8 Å². The molecule has 166 valence electrons. The number of thioether (sulfide) groups is 1. The van der Waals surface area contributed by atoms with Crippen LogP contribution in [0, 0.1) is 18.3 Å². The quantitative estimate of drug-likeness (QED) is 0.384. The molecule has 0 amide bonds. The predicted molar refractivity (Wildman–Crippen MR) is 131 cm³/mol. The third kappa shape index (κ3) is 4.20. The number of pyridine rings is 1. The van der Waals surface area contributed by atoms with Gasteiger partial charge in [0.1, 0.15) is 11.9 Å². The summed E-state index contributed by atoms with van der Waals surface area (Å²) in [5.41, 5.74) is 6.25. The Morgan fingerprint density at radius 3 is 2.58 bits per heavy atom. The predicted octanol–water partition coefficient (Wildman–Crippen LogP) is 5.80. The van der Waals surface area contributed by atoms with Crippen molar-refractivity contribution in [2.24, 2.45) is 0 Å². The van der Waals surface area contributed by atoms with Crippen molar-refractivity contribution >= 4 is 28.9 Å². The lowest BCUT2D eigenvalue weighted by Gasteiger charge is -2.33. The van der Waals surface area contributed by atoms with Crippen molar-refractivity contribution in [2.45, 2.75) is 50.3 Å². The second kappa shape index (κ2) is 8.54. The molecule has 2 aromatic carbocycles. The highest BCUT2D eigenvalue weighted by Gasteiger charge is 2.33. The lowest BCUT2D eigenvalue weighted by molar-refractivity contribution is -0.0397. The van der Waals surface area contributed by atoms with Crippen LogP contribution in [0.2, 0.25) is 0 Å². The van der Waals surface area contributed by atoms with Gasteiger partial charge in [-0.05, 0) is 44.0 Å². The monoisotopic (exact) mass is 455 g/mol. The van der Waals surface area contributed by atoms with Crippen LogP contribution in [-0.2, 0) is 23.5 Å². The summed E-state index contributed by atoms with van der Waals surface area (Å²) in [6, 6.07) is 20.9. The fraction of sp³-hybridized carbons (Fsp3) is 0.269. The average molecular weight is 456 g/mol. The number of anilines is 2. The number of fused-ring (bicyclic) bond motifs is 3. The number of benzene rings is 2. The molecule has 3 heterocycles. The average Bonchev–Trinajstić information content (AvgIpc) is 3.23. The molecule has 0 radical (unpaired) electrons. The van der Waals surface area contributed by atoms with E-state index in [1.807, 2.05) is 34.7 Å². The standard InChI is InChI=1S/C26H25N5OS/c1-17-9-11-19(12-10-17)28-23-21(14-27)20-13-26(2,3)32-15-22(20)24-29-30-25(31(23)24)33-16-18-7-5-4-6-8-18/h4-12,28H,13,15-16H2,1-3H3. The summed E-state index contributed by atoms with van der Waals surface area (Å²) in [7, 11) is 0. The van der Waals surface area contributed by atoms with Crippen LogP contribution < -0.4 is 5.32 Å². The Kier molecular flexibility index (Phi) is 5.57. The van der Waals surface area contributed by atoms with Crippen LogP contribution in [0.3, 0.4) is 0 Å². The molecule has 6 nitrogen and oxygen atoms in total. The number of ether oxygens (including phenoxy) is 1. The summed E-state index contributed by atoms with van der Waals surface area (Å²) in [5, 5.41) is 23.6. The van der Waals surface area contributed by atoms with Crippen molar-refractivity contribution in [2.75, 3.05) is 5.32 Å². The first-order valence-electron chi connectivity index (χ1n) is 10.9. The molecule has 4 aromatic rings. The highest BCUT2D eigenvalue weighted by atomic mass is 32.2. The molecular formula is C26H25N5OS. The maximum Gasteiger partial charge on any atom is 0.197 e. The van der Waals surface area contributed by atoms with E-state index in [2.05, 4.69) is 66.6 Å². The van der Waals surface area contributed by atoms with Crippen molar-refractivity contribution in [1.29, 1.82) is 5.26 Å². The van der Waals surface area contributed by atoms with Gasteiger partial charge in [-0.25, -0.2) is 0 Å². The summed E-state index contributed by atoms with van der Waals surface area (Å²) in [5.74, 6) is 1.46. The number of nitrogens with one attached hydrogen (secondary N) is 1. The molecular weight excluding hydrogens is 430 g/mol. The minimum absolute atomic E-state index is 0.344. The Balaban J connectivity index is 1.67. The summed E-state index contributed by atoms with van der Waals surface area (Å²) >= 11 is 1.61. The van der Waals surface area contributed by atoms with Crippen LogP contribution in [-0.4, -0.2) is 20.2 Å². The van der Waals surface area contributed by atoms with Crippen LogP contribution in [0.25, 0.3) is 5.65 Å². The van der Waals surface area contributed by atoms with E-state index in [0.29, 0.717) is 24.4 Å². The molecule has 0 bridgehead atoms. The number of aryl methyl sites for hydroxylation is 1. The highest BCUT2D eigenvalue weighted by molar-refractivity contribution is 7.98. The molecule has 5 rings (SSSR count). The second-order valence-corrected chi connectivity index (χ2v) is 9.87. The second-order valence-electron chi connectivity index (χ2n) is 8.92. The van der Waals surface area contributed by atoms with Crippen molar-refractivity contribution in [3.8, 4) is 6.07 Å². The van der Waals surface area contributed by atoms with Crippen LogP contribution in [0.5, 0.6) is 0 Å². The molecule has 1 N–H and O–H groups in total. The largest absolute Gasteiger partial charge is 0.370 e. The lowest BCUT2D eigenvalue weighted by Crippen LogP contribution is -2.33. The molecule has 33 heavy (non-hydrogen) atoms. The van der Waals surface area contributed by atoms with Gasteiger partial charge in [0, 0.05) is 23.4 Å². The molecule has 0 atom stereocenters. The lowest BCUT2D eigenvalue weighted by atomic mass is 9.89. The van der Waals surface area contributed by atoms with E-state index in [1.54, 1.807) is 11.8 Å². The SMILES string of the molecule is Cc1ccc(Nc2c(C#N)c3c(c4nnc(SCc5ccccc5)n24)COC(C)(C)C3)cc1. The summed E-state index contributed by atoms with van der Waals surface area (Å²) in [6.45, 7) is 6.58. The number of hydrogen-bond acceptors (Lipinski definition) is 6. The Bertz CT molecular complexity index is 1350. The molecule has 0 saturated heterocycles. The Labute approximate surface area is 197 Å². The topological polar surface area (TPSA) is 75.2 Å². The first-order valence-corrected chi connectivity index (χ1v) is 11.9. The van der Waals surface area contributed by atoms with Gasteiger partial charge in [-0.1, -0.05) is 59.8 Å². The van der Waals surface area contributed by atoms with E-state index in [0.717, 1.165) is 33.4 Å². The van der Waals surface area contributed by atoms with Gasteiger partial charge in [-0.2, -0.15) is 5.26 Å². The van der Waals surface area contributed by atoms with E-state index in [-0.39, 0.29) is 5.60 Å². The molecule has 0 saturated carbocycles. The fourth-order valence-corrected chi connectivity index (χ4v) is 5.02. The first kappa shape index (κ1) is 21.5. The van der Waals surface area contributed by atoms with Crippen molar-refractivity contribution < 1.29 is 4.74 Å². The van der Waals surface area contributed by atoms with E-state index >= 15 is 0 Å². The molecule has 1 aliphatic rings. The zero-order valence-corrected chi connectivity index (χ0v) is 19.7. The number of rotatable bonds is 5. The number of hydrogen-bond donors (Lipinski definition) is 1. The van der Waals surface area contributed by atoms with Gasteiger partial charge in [-0.15, -0.1) is 10.2 Å². The van der Waals surface area contributed by atoms with Crippen molar-refractivity contribution in [1.82, 2.24) is 14.6 Å². The maximum atomic E-state index is 10.3. The smallest absolute Gasteiger partial charge is 0.197 e. The number of nitriles is 1. The third-order valence-corrected chi connectivity index (χ3v) is 6.88. The minimum Gasteiger partial charge on any atom is -0.370 e. The molecule has 2 aromatic heterocycles. The van der Waals surface area contributed by atoms with Gasteiger partial charge in [0.2, 0.25) is 0 Å². The molecule has 0 fully saturated rings. The van der Waals surface area contributed by atoms with E-state index < -0.39 is 0 Å². The normalized spacial score (nSPS) is 14.6. The first-order chi connectivity index (χ1) is 15.9. The maximum absolute atomic E-state index is 10.3. The van der Waals surface area contributed by atoms with Crippen LogP contribution in [0.4, 0.5) is 11.5 Å². The van der Waals surface area contributed by atoms with Crippen molar-refractivity contribution in [3.05, 3.63) is 82.4 Å². The zero-order chi connectivity index (χ0) is 23.0. The van der Waals surface area contributed by atoms with Gasteiger partial charge in [0.05, 0.1) is 17.8 Å². The van der Waals surface area contributed by atoms with E-state index in [1.165, 1.54) is 11.1 Å². The van der Waals surface area contributed by atoms with Crippen LogP contribution in [0.15, 0.2) is 59.8 Å². The van der Waals surface area contributed by atoms with E-state index in [9.17, 15) is 5.26 Å². The zero-order valence-electron chi connectivity index (χ0n) is 18.9. The van der Waals surface area contributed by atoms with E-state index in [4.69, 9.17) is 4.74 Å². The third-order valence-electron chi connectivity index (χ3n) is 5.88. The fourth-order valence-electron chi connectivity index (χ4n) is 4.13. The van der Waals surface area contributed by atoms with Gasteiger partial charge < -0.3 is 10.1 Å². The summed E-state index contributed by atoms with van der Waals surface area (Å²) < 4.78 is 8.07. The molecule has 0 unspecified atom stereocenters. The van der Waals surface area contributed by atoms with Gasteiger partial charge in [0.25, 0.3) is 0 Å². The van der Waals surface area contributed by atoms with Crippen molar-refractivity contribution in [3.63, 3.8) is 0 Å².